The molecule has 0 amide bonds. The van der Waals surface area contributed by atoms with E-state index in [-0.39, 0.29) is 11.7 Å². The zero-order valence-electron chi connectivity index (χ0n) is 15.9. The molecule has 2 aromatic carbocycles. The van der Waals surface area contributed by atoms with Gasteiger partial charge in [0.1, 0.15) is 11.5 Å². The molecule has 1 aromatic heterocycles. The fraction of sp³-hybridized carbons (Fsp3) is 0.273. The number of ether oxygens (including phenoxy) is 1. The Balaban J connectivity index is 1.61. The summed E-state index contributed by atoms with van der Waals surface area (Å²) in [6, 6.07) is 17.6. The lowest BCUT2D eigenvalue weighted by Gasteiger charge is -2.12. The van der Waals surface area contributed by atoms with E-state index in [2.05, 4.69) is 11.9 Å². The summed E-state index contributed by atoms with van der Waals surface area (Å²) in [4.78, 5) is 15.3. The number of carboxylic acids is 1. The molecule has 0 aliphatic carbocycles. The molecule has 6 heteroatoms. The van der Waals surface area contributed by atoms with E-state index in [0.717, 1.165) is 28.3 Å². The first kappa shape index (κ1) is 20.0. The number of oxazole rings is 1. The van der Waals surface area contributed by atoms with Crippen LogP contribution in [0.15, 0.2) is 59.0 Å². The number of carbonyl (C=O) groups is 1. The summed E-state index contributed by atoms with van der Waals surface area (Å²) in [6.45, 7) is 4.46. The summed E-state index contributed by atoms with van der Waals surface area (Å²) in [5.41, 5.74) is 2.89. The first-order valence-electron chi connectivity index (χ1n) is 9.07. The number of hydrogen-bond donors (Lipinski definition) is 1. The van der Waals surface area contributed by atoms with Crippen molar-refractivity contribution in [1.29, 1.82) is 0 Å². The zero-order valence-corrected chi connectivity index (χ0v) is 16.7. The van der Waals surface area contributed by atoms with Crippen LogP contribution in [0.1, 0.15) is 29.9 Å². The van der Waals surface area contributed by atoms with Crippen LogP contribution in [0.3, 0.4) is 0 Å². The van der Waals surface area contributed by atoms with E-state index in [4.69, 9.17) is 14.3 Å². The van der Waals surface area contributed by atoms with Gasteiger partial charge in [-0.05, 0) is 36.8 Å². The fourth-order valence-corrected chi connectivity index (χ4v) is 3.54. The minimum absolute atomic E-state index is 0.0752. The van der Waals surface area contributed by atoms with Crippen LogP contribution >= 0.6 is 11.8 Å². The monoisotopic (exact) mass is 397 g/mol. The van der Waals surface area contributed by atoms with Gasteiger partial charge < -0.3 is 14.3 Å². The normalized spacial score (nSPS) is 11.9. The third-order valence-electron chi connectivity index (χ3n) is 4.21. The molecule has 146 valence electrons. The van der Waals surface area contributed by atoms with Gasteiger partial charge in [-0.3, -0.25) is 4.79 Å². The summed E-state index contributed by atoms with van der Waals surface area (Å²) in [7, 11) is 0. The molecule has 1 heterocycles. The molecule has 1 N–H and O–H groups in total. The topological polar surface area (TPSA) is 72.6 Å². The summed E-state index contributed by atoms with van der Waals surface area (Å²) in [6.07, 6.45) is 0. The molecule has 0 saturated carbocycles. The van der Waals surface area contributed by atoms with E-state index in [0.29, 0.717) is 18.3 Å². The number of nitrogens with zero attached hydrogens (tertiary/aromatic N) is 1. The standard InChI is InChI=1S/C22H23NO4S/c1-15(21-16(2)27-22(23-21)18-8-4-3-5-9-18)12-26-19-10-6-7-17(11-19)13-28-14-20(24)25/h3-11,15H,12-14H2,1-2H3,(H,24,25). The van der Waals surface area contributed by atoms with Gasteiger partial charge in [-0.25, -0.2) is 4.98 Å². The van der Waals surface area contributed by atoms with Gasteiger partial charge in [0.25, 0.3) is 0 Å². The number of aromatic nitrogens is 1. The number of rotatable bonds is 9. The highest BCUT2D eigenvalue weighted by Crippen LogP contribution is 2.27. The molecule has 0 radical (unpaired) electrons. The molecule has 0 saturated heterocycles. The smallest absolute Gasteiger partial charge is 0.313 e. The average Bonchev–Trinajstić information content (AvgIpc) is 3.09. The van der Waals surface area contributed by atoms with Crippen LogP contribution in [0.25, 0.3) is 11.5 Å². The van der Waals surface area contributed by atoms with Gasteiger partial charge in [0.15, 0.2) is 0 Å². The summed E-state index contributed by atoms with van der Waals surface area (Å²) < 4.78 is 11.8. The molecule has 0 fully saturated rings. The lowest BCUT2D eigenvalue weighted by Crippen LogP contribution is -2.08. The summed E-state index contributed by atoms with van der Waals surface area (Å²) in [5, 5.41) is 8.74. The lowest BCUT2D eigenvalue weighted by molar-refractivity contribution is -0.133. The SMILES string of the molecule is Cc1oc(-c2ccccc2)nc1C(C)COc1cccc(CSCC(=O)O)c1. The van der Waals surface area contributed by atoms with Gasteiger partial charge >= 0.3 is 5.97 Å². The van der Waals surface area contributed by atoms with Gasteiger partial charge in [0.2, 0.25) is 5.89 Å². The van der Waals surface area contributed by atoms with E-state index >= 15 is 0 Å². The Morgan fingerprint density at radius 1 is 1.21 bits per heavy atom. The number of carboxylic acid groups (broad SMARTS) is 1. The minimum atomic E-state index is -0.802. The molecular weight excluding hydrogens is 374 g/mol. The maximum absolute atomic E-state index is 10.6. The van der Waals surface area contributed by atoms with E-state index in [1.807, 2.05) is 61.5 Å². The second kappa shape index (κ2) is 9.46. The highest BCUT2D eigenvalue weighted by molar-refractivity contribution is 7.99. The first-order chi connectivity index (χ1) is 13.5. The Kier molecular flexibility index (Phi) is 6.76. The third kappa shape index (κ3) is 5.39. The molecule has 0 aliphatic heterocycles. The molecule has 0 spiro atoms. The molecule has 3 rings (SSSR count). The van der Waals surface area contributed by atoms with Crippen molar-refractivity contribution in [2.24, 2.45) is 0 Å². The van der Waals surface area contributed by atoms with Crippen LogP contribution in [0.2, 0.25) is 0 Å². The Bertz CT molecular complexity index is 923. The van der Waals surface area contributed by atoms with Crippen molar-refractivity contribution < 1.29 is 19.1 Å². The number of benzene rings is 2. The van der Waals surface area contributed by atoms with Gasteiger partial charge in [-0.1, -0.05) is 37.3 Å². The van der Waals surface area contributed by atoms with Crippen LogP contribution in [0.5, 0.6) is 5.75 Å². The average molecular weight is 397 g/mol. The molecule has 1 atom stereocenters. The largest absolute Gasteiger partial charge is 0.493 e. The Morgan fingerprint density at radius 2 is 2.00 bits per heavy atom. The van der Waals surface area contributed by atoms with E-state index in [9.17, 15) is 4.79 Å². The predicted octanol–water partition coefficient (Wildman–Crippen LogP) is 5.15. The highest BCUT2D eigenvalue weighted by Gasteiger charge is 2.17. The van der Waals surface area contributed by atoms with Crippen molar-refractivity contribution in [3.05, 3.63) is 71.6 Å². The quantitative estimate of drug-likeness (QED) is 0.538. The molecule has 3 aromatic rings. The van der Waals surface area contributed by atoms with E-state index < -0.39 is 5.97 Å². The van der Waals surface area contributed by atoms with Crippen LogP contribution in [0.4, 0.5) is 0 Å². The van der Waals surface area contributed by atoms with Gasteiger partial charge in [0.05, 0.1) is 18.1 Å². The van der Waals surface area contributed by atoms with Crippen molar-refractivity contribution in [3.63, 3.8) is 0 Å². The molecule has 1 unspecified atom stereocenters. The van der Waals surface area contributed by atoms with E-state index in [1.165, 1.54) is 11.8 Å². The number of thioether (sulfide) groups is 1. The molecule has 5 nitrogen and oxygen atoms in total. The number of aryl methyl sites for hydroxylation is 1. The predicted molar refractivity (Wildman–Crippen MR) is 111 cm³/mol. The molecule has 0 bridgehead atoms. The third-order valence-corrected chi connectivity index (χ3v) is 5.20. The lowest BCUT2D eigenvalue weighted by atomic mass is 10.1. The van der Waals surface area contributed by atoms with Gasteiger partial charge in [0, 0.05) is 17.2 Å². The second-order valence-corrected chi connectivity index (χ2v) is 7.56. The molecule has 28 heavy (non-hydrogen) atoms. The van der Waals surface area contributed by atoms with Crippen LogP contribution in [0, 0.1) is 6.92 Å². The van der Waals surface area contributed by atoms with Crippen molar-refractivity contribution in [2.45, 2.75) is 25.5 Å². The molecular formula is C22H23NO4S. The highest BCUT2D eigenvalue weighted by atomic mass is 32.2. The van der Waals surface area contributed by atoms with E-state index in [1.54, 1.807) is 0 Å². The van der Waals surface area contributed by atoms with Crippen LogP contribution < -0.4 is 4.74 Å². The van der Waals surface area contributed by atoms with Crippen molar-refractivity contribution in [3.8, 4) is 17.2 Å². The summed E-state index contributed by atoms with van der Waals surface area (Å²) >= 11 is 1.37. The Morgan fingerprint density at radius 3 is 2.75 bits per heavy atom. The zero-order chi connectivity index (χ0) is 19.9. The second-order valence-electron chi connectivity index (χ2n) is 6.57. The Labute approximate surface area is 168 Å². The van der Waals surface area contributed by atoms with Crippen molar-refractivity contribution >= 4 is 17.7 Å². The maximum atomic E-state index is 10.6. The van der Waals surface area contributed by atoms with Gasteiger partial charge in [-0.15, -0.1) is 11.8 Å². The van der Waals surface area contributed by atoms with Gasteiger partial charge in [-0.2, -0.15) is 0 Å². The Hall–Kier alpha value is -2.73. The van der Waals surface area contributed by atoms with Crippen molar-refractivity contribution in [2.75, 3.05) is 12.4 Å². The van der Waals surface area contributed by atoms with Crippen molar-refractivity contribution in [1.82, 2.24) is 4.98 Å². The summed E-state index contributed by atoms with van der Waals surface area (Å²) in [5.74, 6) is 2.20. The van der Waals surface area contributed by atoms with Crippen LogP contribution in [-0.2, 0) is 10.5 Å². The maximum Gasteiger partial charge on any atom is 0.313 e. The minimum Gasteiger partial charge on any atom is -0.493 e. The van der Waals surface area contributed by atoms with Crippen LogP contribution in [-0.4, -0.2) is 28.4 Å². The molecule has 0 aliphatic rings. The number of hydrogen-bond acceptors (Lipinski definition) is 5. The number of aliphatic carboxylic acids is 1. The first-order valence-corrected chi connectivity index (χ1v) is 10.2. The fourth-order valence-electron chi connectivity index (χ4n) is 2.85.